The molecule has 0 fully saturated rings. The smallest absolute Gasteiger partial charge is 0.128 e. The number of aromatic amines is 1. The number of H-pyrrole nitrogens is 1. The highest BCUT2D eigenvalue weighted by molar-refractivity contribution is 5.72. The number of benzene rings is 1. The van der Waals surface area contributed by atoms with Crippen LogP contribution in [-0.2, 0) is 13.0 Å². The molecule has 1 N–H and O–H groups in total. The summed E-state index contributed by atoms with van der Waals surface area (Å²) in [5, 5.41) is 7.66. The fourth-order valence-electron chi connectivity index (χ4n) is 2.65. The van der Waals surface area contributed by atoms with E-state index in [-0.39, 0.29) is 0 Å². The molecule has 0 saturated heterocycles. The van der Waals surface area contributed by atoms with E-state index in [1.807, 2.05) is 18.2 Å². The number of fused-ring (bicyclic) bond motifs is 1. The topological polar surface area (TPSA) is 50.4 Å². The summed E-state index contributed by atoms with van der Waals surface area (Å²) < 4.78 is 10.8. The first-order valence-corrected chi connectivity index (χ1v) is 6.70. The van der Waals surface area contributed by atoms with Gasteiger partial charge < -0.3 is 14.4 Å². The fourth-order valence-corrected chi connectivity index (χ4v) is 2.65. The number of likely N-dealkylation sites (N-methyl/N-ethyl adjacent to an activating group) is 1. The Bertz CT molecular complexity index is 622. The summed E-state index contributed by atoms with van der Waals surface area (Å²) in [5.74, 6) is 1.62. The molecule has 5 heteroatoms. The molecule has 0 amide bonds. The van der Waals surface area contributed by atoms with E-state index in [0.29, 0.717) is 0 Å². The largest absolute Gasteiger partial charge is 0.497 e. The number of hydrogen-bond acceptors (Lipinski definition) is 4. The van der Waals surface area contributed by atoms with Crippen molar-refractivity contribution in [1.82, 2.24) is 15.1 Å². The van der Waals surface area contributed by atoms with Gasteiger partial charge in [0, 0.05) is 36.3 Å². The van der Waals surface area contributed by atoms with Gasteiger partial charge in [-0.2, -0.15) is 5.10 Å². The Morgan fingerprint density at radius 1 is 1.25 bits per heavy atom. The molecule has 0 radical (unpaired) electrons. The van der Waals surface area contributed by atoms with Crippen LogP contribution in [0.1, 0.15) is 11.3 Å². The molecule has 1 aliphatic rings. The van der Waals surface area contributed by atoms with Crippen LogP contribution in [0.15, 0.2) is 18.2 Å². The number of aromatic nitrogens is 2. The summed E-state index contributed by atoms with van der Waals surface area (Å²) in [5.41, 5.74) is 4.41. The minimum absolute atomic E-state index is 0.807. The number of ether oxygens (including phenoxy) is 2. The Morgan fingerprint density at radius 3 is 2.85 bits per heavy atom. The van der Waals surface area contributed by atoms with Crippen LogP contribution in [0.4, 0.5) is 0 Å². The molecule has 106 valence electrons. The van der Waals surface area contributed by atoms with Crippen LogP contribution in [0.25, 0.3) is 11.3 Å². The van der Waals surface area contributed by atoms with Crippen LogP contribution in [0, 0.1) is 0 Å². The minimum atomic E-state index is 0.807. The predicted octanol–water partition coefficient (Wildman–Crippen LogP) is 2.08. The van der Waals surface area contributed by atoms with Gasteiger partial charge >= 0.3 is 0 Å². The van der Waals surface area contributed by atoms with Crippen molar-refractivity contribution in [3.05, 3.63) is 29.5 Å². The van der Waals surface area contributed by atoms with Gasteiger partial charge in [-0.1, -0.05) is 0 Å². The second-order valence-corrected chi connectivity index (χ2v) is 5.08. The summed E-state index contributed by atoms with van der Waals surface area (Å²) in [7, 11) is 5.47. The van der Waals surface area contributed by atoms with Crippen molar-refractivity contribution in [3.63, 3.8) is 0 Å². The summed E-state index contributed by atoms with van der Waals surface area (Å²) in [6.07, 6.45) is 1.01. The average Bonchev–Trinajstić information content (AvgIpc) is 2.89. The molecule has 0 unspecified atom stereocenters. The molecule has 5 nitrogen and oxygen atoms in total. The van der Waals surface area contributed by atoms with Crippen molar-refractivity contribution < 1.29 is 9.47 Å². The molecule has 1 aromatic carbocycles. The highest BCUT2D eigenvalue weighted by Gasteiger charge is 2.22. The Labute approximate surface area is 118 Å². The van der Waals surface area contributed by atoms with Crippen molar-refractivity contribution in [2.24, 2.45) is 0 Å². The van der Waals surface area contributed by atoms with Crippen LogP contribution >= 0.6 is 0 Å². The van der Waals surface area contributed by atoms with Crippen LogP contribution in [0.3, 0.4) is 0 Å². The molecule has 0 spiro atoms. The lowest BCUT2D eigenvalue weighted by Crippen LogP contribution is -2.26. The summed E-state index contributed by atoms with van der Waals surface area (Å²) in [6, 6.07) is 5.79. The summed E-state index contributed by atoms with van der Waals surface area (Å²) >= 11 is 0. The molecular formula is C15H19N3O2. The Balaban J connectivity index is 2.11. The lowest BCUT2D eigenvalue weighted by molar-refractivity contribution is 0.312. The molecule has 20 heavy (non-hydrogen) atoms. The standard InChI is InChI=1S/C15H19N3O2/c1-18-7-6-13-12(9-18)15(17-16-13)11-8-10(19-2)4-5-14(11)20-3/h4-5,8H,6-7,9H2,1-3H3,(H,16,17). The molecular weight excluding hydrogens is 254 g/mol. The third-order valence-electron chi connectivity index (χ3n) is 3.79. The Morgan fingerprint density at radius 2 is 2.10 bits per heavy atom. The lowest BCUT2D eigenvalue weighted by atomic mass is 10.0. The molecule has 1 aromatic heterocycles. The van der Waals surface area contributed by atoms with Gasteiger partial charge in [-0.25, -0.2) is 0 Å². The van der Waals surface area contributed by atoms with Crippen molar-refractivity contribution in [2.75, 3.05) is 27.8 Å². The second-order valence-electron chi connectivity index (χ2n) is 5.08. The third-order valence-corrected chi connectivity index (χ3v) is 3.79. The summed E-state index contributed by atoms with van der Waals surface area (Å²) in [6.45, 7) is 1.96. The number of hydrogen-bond donors (Lipinski definition) is 1. The lowest BCUT2D eigenvalue weighted by Gasteiger charge is -2.22. The van der Waals surface area contributed by atoms with Crippen molar-refractivity contribution in [1.29, 1.82) is 0 Å². The van der Waals surface area contributed by atoms with Gasteiger partial charge in [0.15, 0.2) is 0 Å². The SMILES string of the molecule is COc1ccc(OC)c(-c2n[nH]c3c2CN(C)CC3)c1. The van der Waals surface area contributed by atoms with Gasteiger partial charge in [-0.15, -0.1) is 0 Å². The molecule has 2 heterocycles. The highest BCUT2D eigenvalue weighted by Crippen LogP contribution is 2.36. The van der Waals surface area contributed by atoms with E-state index < -0.39 is 0 Å². The number of nitrogens with one attached hydrogen (secondary N) is 1. The zero-order valence-corrected chi connectivity index (χ0v) is 12.1. The van der Waals surface area contributed by atoms with Gasteiger partial charge in [-0.05, 0) is 25.2 Å². The van der Waals surface area contributed by atoms with E-state index >= 15 is 0 Å². The van der Waals surface area contributed by atoms with Gasteiger partial charge in [0.05, 0.1) is 14.2 Å². The minimum Gasteiger partial charge on any atom is -0.497 e. The maximum atomic E-state index is 5.46. The van der Waals surface area contributed by atoms with E-state index in [1.54, 1.807) is 14.2 Å². The van der Waals surface area contributed by atoms with E-state index in [2.05, 4.69) is 22.1 Å². The van der Waals surface area contributed by atoms with Crippen molar-refractivity contribution in [3.8, 4) is 22.8 Å². The zero-order chi connectivity index (χ0) is 14.1. The van der Waals surface area contributed by atoms with Crippen LogP contribution in [-0.4, -0.2) is 42.9 Å². The molecule has 0 atom stereocenters. The maximum Gasteiger partial charge on any atom is 0.128 e. The molecule has 1 aliphatic heterocycles. The van der Waals surface area contributed by atoms with Crippen LogP contribution < -0.4 is 9.47 Å². The highest BCUT2D eigenvalue weighted by atomic mass is 16.5. The fraction of sp³-hybridized carbons (Fsp3) is 0.400. The van der Waals surface area contributed by atoms with Crippen molar-refractivity contribution >= 4 is 0 Å². The first kappa shape index (κ1) is 13.0. The third kappa shape index (κ3) is 2.14. The Hall–Kier alpha value is -2.01. The maximum absolute atomic E-state index is 5.46. The first-order chi connectivity index (χ1) is 9.72. The van der Waals surface area contributed by atoms with E-state index in [1.165, 1.54) is 11.3 Å². The molecule has 0 saturated carbocycles. The normalized spacial score (nSPS) is 14.9. The predicted molar refractivity (Wildman–Crippen MR) is 77.2 cm³/mol. The second kappa shape index (κ2) is 5.17. The van der Waals surface area contributed by atoms with Crippen molar-refractivity contribution in [2.45, 2.75) is 13.0 Å². The van der Waals surface area contributed by atoms with Gasteiger partial charge in [0.1, 0.15) is 17.2 Å². The van der Waals surface area contributed by atoms with E-state index in [9.17, 15) is 0 Å². The monoisotopic (exact) mass is 273 g/mol. The Kier molecular flexibility index (Phi) is 3.36. The quantitative estimate of drug-likeness (QED) is 0.930. The number of methoxy groups -OCH3 is 2. The number of nitrogens with zero attached hydrogens (tertiary/aromatic N) is 2. The molecule has 0 bridgehead atoms. The summed E-state index contributed by atoms with van der Waals surface area (Å²) in [4.78, 5) is 2.30. The molecule has 2 aromatic rings. The van der Waals surface area contributed by atoms with Crippen LogP contribution in [0.5, 0.6) is 11.5 Å². The average molecular weight is 273 g/mol. The molecule has 0 aliphatic carbocycles. The zero-order valence-electron chi connectivity index (χ0n) is 12.1. The van der Waals surface area contributed by atoms with E-state index in [0.717, 1.165) is 42.3 Å². The van der Waals surface area contributed by atoms with Gasteiger partial charge in [0.25, 0.3) is 0 Å². The van der Waals surface area contributed by atoms with Gasteiger partial charge in [-0.3, -0.25) is 5.10 Å². The first-order valence-electron chi connectivity index (χ1n) is 6.70. The number of rotatable bonds is 3. The van der Waals surface area contributed by atoms with E-state index in [4.69, 9.17) is 9.47 Å². The molecule has 3 rings (SSSR count). The van der Waals surface area contributed by atoms with Crippen LogP contribution in [0.2, 0.25) is 0 Å². The van der Waals surface area contributed by atoms with Gasteiger partial charge in [0.2, 0.25) is 0 Å².